The molecular weight excluding hydrogens is 258 g/mol. The van der Waals surface area contributed by atoms with Gasteiger partial charge in [-0.1, -0.05) is 42.5 Å². The maximum absolute atomic E-state index is 5.49. The molecule has 1 aliphatic rings. The second-order valence-electron chi connectivity index (χ2n) is 5.50. The average molecular weight is 275 g/mol. The van der Waals surface area contributed by atoms with Crippen LogP contribution in [-0.4, -0.2) is 7.11 Å². The van der Waals surface area contributed by atoms with Gasteiger partial charge in [0.2, 0.25) is 0 Å². The van der Waals surface area contributed by atoms with Gasteiger partial charge in [-0.15, -0.1) is 0 Å². The highest BCUT2D eigenvalue weighted by Crippen LogP contribution is 2.39. The first-order chi connectivity index (χ1) is 10.3. The molecule has 0 saturated carbocycles. The smallest absolute Gasteiger partial charge is 0.124 e. The molecule has 1 heterocycles. The molecule has 3 aromatic carbocycles. The van der Waals surface area contributed by atoms with Crippen LogP contribution in [0.1, 0.15) is 17.2 Å². The molecule has 104 valence electrons. The number of hydrogen-bond donors (Lipinski definition) is 1. The Hall–Kier alpha value is -2.48. The van der Waals surface area contributed by atoms with Crippen molar-refractivity contribution in [3.05, 3.63) is 71.8 Å². The zero-order valence-electron chi connectivity index (χ0n) is 12.0. The molecule has 0 saturated heterocycles. The Morgan fingerprint density at radius 3 is 2.48 bits per heavy atom. The van der Waals surface area contributed by atoms with Gasteiger partial charge in [0.05, 0.1) is 13.2 Å². The number of anilines is 1. The van der Waals surface area contributed by atoms with Gasteiger partial charge in [0.15, 0.2) is 0 Å². The Kier molecular flexibility index (Phi) is 2.81. The van der Waals surface area contributed by atoms with Crippen molar-refractivity contribution < 1.29 is 4.74 Å². The lowest BCUT2D eigenvalue weighted by atomic mass is 10.0. The van der Waals surface area contributed by atoms with Gasteiger partial charge in [0, 0.05) is 11.3 Å². The lowest BCUT2D eigenvalue weighted by molar-refractivity contribution is 0.407. The largest absolute Gasteiger partial charge is 0.496 e. The fourth-order valence-corrected chi connectivity index (χ4v) is 3.19. The molecule has 0 aromatic heterocycles. The van der Waals surface area contributed by atoms with Crippen LogP contribution in [0.25, 0.3) is 10.8 Å². The first kappa shape index (κ1) is 12.3. The minimum Gasteiger partial charge on any atom is -0.496 e. The van der Waals surface area contributed by atoms with Gasteiger partial charge >= 0.3 is 0 Å². The van der Waals surface area contributed by atoms with Crippen molar-refractivity contribution >= 4 is 16.5 Å². The number of rotatable bonds is 2. The van der Waals surface area contributed by atoms with Crippen molar-refractivity contribution in [3.63, 3.8) is 0 Å². The van der Waals surface area contributed by atoms with E-state index in [0.29, 0.717) is 0 Å². The van der Waals surface area contributed by atoms with Crippen LogP contribution in [0.5, 0.6) is 5.75 Å². The molecule has 0 aliphatic carbocycles. The molecule has 0 radical (unpaired) electrons. The predicted octanol–water partition coefficient (Wildman–Crippen LogP) is 4.56. The number of para-hydroxylation sites is 1. The number of nitrogens with one attached hydrogen (secondary N) is 1. The highest BCUT2D eigenvalue weighted by atomic mass is 16.5. The molecule has 0 spiro atoms. The number of ether oxygens (including phenoxy) is 1. The van der Waals surface area contributed by atoms with Crippen LogP contribution in [0, 0.1) is 0 Å². The number of hydrogen-bond acceptors (Lipinski definition) is 2. The summed E-state index contributed by atoms with van der Waals surface area (Å²) in [5.41, 5.74) is 3.84. The summed E-state index contributed by atoms with van der Waals surface area (Å²) in [5.74, 6) is 0.951. The van der Waals surface area contributed by atoms with Gasteiger partial charge in [0.25, 0.3) is 0 Å². The Bertz CT molecular complexity index is 765. The quantitative estimate of drug-likeness (QED) is 0.740. The molecule has 2 heteroatoms. The molecule has 1 aliphatic heterocycles. The van der Waals surface area contributed by atoms with Gasteiger partial charge in [-0.05, 0) is 41.0 Å². The van der Waals surface area contributed by atoms with E-state index >= 15 is 0 Å². The van der Waals surface area contributed by atoms with Crippen LogP contribution in [0.4, 0.5) is 5.69 Å². The Balaban J connectivity index is 1.75. The van der Waals surface area contributed by atoms with Crippen LogP contribution in [0.3, 0.4) is 0 Å². The van der Waals surface area contributed by atoms with E-state index in [1.807, 2.05) is 12.1 Å². The Morgan fingerprint density at radius 1 is 0.952 bits per heavy atom. The van der Waals surface area contributed by atoms with Gasteiger partial charge in [-0.2, -0.15) is 0 Å². The van der Waals surface area contributed by atoms with Crippen molar-refractivity contribution in [2.24, 2.45) is 0 Å². The minimum absolute atomic E-state index is 0.285. The second-order valence-corrected chi connectivity index (χ2v) is 5.50. The number of fused-ring (bicyclic) bond motifs is 2. The van der Waals surface area contributed by atoms with Crippen molar-refractivity contribution in [1.82, 2.24) is 0 Å². The first-order valence-electron chi connectivity index (χ1n) is 7.26. The fourth-order valence-electron chi connectivity index (χ4n) is 3.19. The molecule has 0 amide bonds. The summed E-state index contributed by atoms with van der Waals surface area (Å²) < 4.78 is 5.49. The second kappa shape index (κ2) is 4.81. The monoisotopic (exact) mass is 275 g/mol. The summed E-state index contributed by atoms with van der Waals surface area (Å²) >= 11 is 0. The van der Waals surface area contributed by atoms with E-state index in [1.165, 1.54) is 27.6 Å². The molecule has 1 N–H and O–H groups in total. The maximum Gasteiger partial charge on any atom is 0.124 e. The van der Waals surface area contributed by atoms with Crippen LogP contribution in [0.15, 0.2) is 60.7 Å². The summed E-state index contributed by atoms with van der Waals surface area (Å²) in [6, 6.07) is 21.6. The summed E-state index contributed by atoms with van der Waals surface area (Å²) in [7, 11) is 1.73. The third-order valence-electron chi connectivity index (χ3n) is 4.24. The van der Waals surface area contributed by atoms with E-state index < -0.39 is 0 Å². The normalized spacial score (nSPS) is 16.5. The van der Waals surface area contributed by atoms with E-state index in [2.05, 4.69) is 53.8 Å². The van der Waals surface area contributed by atoms with Crippen molar-refractivity contribution in [2.45, 2.75) is 12.5 Å². The lowest BCUT2D eigenvalue weighted by Gasteiger charge is -2.15. The maximum atomic E-state index is 5.49. The Labute approximate surface area is 124 Å². The van der Waals surface area contributed by atoms with E-state index in [0.717, 1.165) is 12.2 Å². The standard InChI is InChI=1S/C19H17NO/c1-21-19-9-5-4-8-16(19)18-12-15-10-13-6-2-3-7-14(13)11-17(15)20-18/h2-11,18,20H,12H2,1H3. The zero-order chi connectivity index (χ0) is 14.2. The summed E-state index contributed by atoms with van der Waals surface area (Å²) in [6.07, 6.45) is 1.00. The molecular formula is C19H17NO. The van der Waals surface area contributed by atoms with Gasteiger partial charge in [-0.25, -0.2) is 0 Å². The van der Waals surface area contributed by atoms with E-state index in [1.54, 1.807) is 7.11 Å². The molecule has 1 atom stereocenters. The zero-order valence-corrected chi connectivity index (χ0v) is 12.0. The summed E-state index contributed by atoms with van der Waals surface area (Å²) in [4.78, 5) is 0. The van der Waals surface area contributed by atoms with Crippen LogP contribution < -0.4 is 10.1 Å². The number of methoxy groups -OCH3 is 1. The highest BCUT2D eigenvalue weighted by Gasteiger charge is 2.24. The summed E-state index contributed by atoms with van der Waals surface area (Å²) in [5, 5.41) is 6.22. The van der Waals surface area contributed by atoms with Crippen molar-refractivity contribution in [1.29, 1.82) is 0 Å². The topological polar surface area (TPSA) is 21.3 Å². The molecule has 0 fully saturated rings. The minimum atomic E-state index is 0.285. The molecule has 3 aromatic rings. The van der Waals surface area contributed by atoms with Crippen LogP contribution >= 0.6 is 0 Å². The molecule has 0 bridgehead atoms. The third kappa shape index (κ3) is 2.04. The summed E-state index contributed by atoms with van der Waals surface area (Å²) in [6.45, 7) is 0. The lowest BCUT2D eigenvalue weighted by Crippen LogP contribution is -2.07. The highest BCUT2D eigenvalue weighted by molar-refractivity contribution is 5.88. The van der Waals surface area contributed by atoms with E-state index in [9.17, 15) is 0 Å². The SMILES string of the molecule is COc1ccccc1C1Cc2cc3ccccc3cc2N1. The Morgan fingerprint density at radius 2 is 1.67 bits per heavy atom. The molecule has 2 nitrogen and oxygen atoms in total. The van der Waals surface area contributed by atoms with Crippen molar-refractivity contribution in [3.8, 4) is 5.75 Å². The number of benzene rings is 3. The third-order valence-corrected chi connectivity index (χ3v) is 4.24. The van der Waals surface area contributed by atoms with Crippen LogP contribution in [0.2, 0.25) is 0 Å². The average Bonchev–Trinajstić information content (AvgIpc) is 2.95. The van der Waals surface area contributed by atoms with Crippen molar-refractivity contribution in [2.75, 3.05) is 12.4 Å². The van der Waals surface area contributed by atoms with Gasteiger partial charge in [0.1, 0.15) is 5.75 Å². The first-order valence-corrected chi connectivity index (χ1v) is 7.26. The van der Waals surface area contributed by atoms with E-state index in [-0.39, 0.29) is 6.04 Å². The van der Waals surface area contributed by atoms with E-state index in [4.69, 9.17) is 4.74 Å². The van der Waals surface area contributed by atoms with Gasteiger partial charge in [-0.3, -0.25) is 0 Å². The predicted molar refractivity (Wildman–Crippen MR) is 87.0 cm³/mol. The fraction of sp³-hybridized carbons (Fsp3) is 0.158. The molecule has 21 heavy (non-hydrogen) atoms. The molecule has 1 unspecified atom stereocenters. The molecule has 4 rings (SSSR count). The van der Waals surface area contributed by atoms with Crippen LogP contribution in [-0.2, 0) is 6.42 Å². The van der Waals surface area contributed by atoms with Gasteiger partial charge < -0.3 is 10.1 Å².